The fourth-order valence-corrected chi connectivity index (χ4v) is 3.46. The zero-order chi connectivity index (χ0) is 20.1. The van der Waals surface area contributed by atoms with Crippen molar-refractivity contribution in [3.8, 4) is 11.5 Å². The van der Waals surface area contributed by atoms with E-state index in [2.05, 4.69) is 6.58 Å². The number of rotatable bonds is 7. The number of carbonyl (C=O) groups is 2. The molecule has 1 aliphatic rings. The Morgan fingerprint density at radius 1 is 1.18 bits per heavy atom. The summed E-state index contributed by atoms with van der Waals surface area (Å²) in [6.45, 7) is 3.83. The molecule has 1 aliphatic heterocycles. The van der Waals surface area contributed by atoms with Crippen LogP contribution < -0.4 is 9.47 Å². The summed E-state index contributed by atoms with van der Waals surface area (Å²) >= 11 is 0.824. The SMILES string of the molecule is C=CCOc1ccc(/C=C2\SC(=O)N(Cc3ccccc3F)C2=O)cc1OC. The predicted molar refractivity (Wildman–Crippen MR) is 107 cm³/mol. The molecule has 0 unspecified atom stereocenters. The molecule has 1 heterocycles. The van der Waals surface area contributed by atoms with Crippen LogP contribution in [0.25, 0.3) is 6.08 Å². The van der Waals surface area contributed by atoms with E-state index in [0.29, 0.717) is 23.7 Å². The number of amides is 2. The Bertz CT molecular complexity index is 957. The van der Waals surface area contributed by atoms with Gasteiger partial charge in [0.15, 0.2) is 11.5 Å². The lowest BCUT2D eigenvalue weighted by atomic mass is 10.1. The minimum atomic E-state index is -0.454. The number of halogens is 1. The van der Waals surface area contributed by atoms with Crippen molar-refractivity contribution in [3.63, 3.8) is 0 Å². The Balaban J connectivity index is 1.81. The van der Waals surface area contributed by atoms with Gasteiger partial charge in [-0.05, 0) is 41.6 Å². The van der Waals surface area contributed by atoms with E-state index in [-0.39, 0.29) is 17.0 Å². The molecule has 0 atom stereocenters. The van der Waals surface area contributed by atoms with E-state index in [1.54, 1.807) is 48.6 Å². The van der Waals surface area contributed by atoms with Gasteiger partial charge in [-0.15, -0.1) is 0 Å². The van der Waals surface area contributed by atoms with Crippen molar-refractivity contribution in [3.05, 3.63) is 77.0 Å². The fourth-order valence-electron chi connectivity index (χ4n) is 2.63. The van der Waals surface area contributed by atoms with Crippen LogP contribution in [0, 0.1) is 5.82 Å². The van der Waals surface area contributed by atoms with Crippen LogP contribution in [0.2, 0.25) is 0 Å². The Morgan fingerprint density at radius 2 is 1.96 bits per heavy atom. The maximum atomic E-state index is 13.8. The zero-order valence-electron chi connectivity index (χ0n) is 15.2. The van der Waals surface area contributed by atoms with E-state index in [4.69, 9.17) is 9.47 Å². The van der Waals surface area contributed by atoms with E-state index in [1.165, 1.54) is 13.2 Å². The minimum absolute atomic E-state index is 0.105. The molecule has 0 saturated carbocycles. The summed E-state index contributed by atoms with van der Waals surface area (Å²) in [6, 6.07) is 11.3. The molecule has 1 saturated heterocycles. The standard InChI is InChI=1S/C21H18FNO4S/c1-3-10-27-17-9-8-14(11-18(17)26-2)12-19-20(24)23(21(25)28-19)13-15-6-4-5-7-16(15)22/h3-9,11-12H,1,10,13H2,2H3/b19-12-. The van der Waals surface area contributed by atoms with Crippen molar-refractivity contribution >= 4 is 29.0 Å². The van der Waals surface area contributed by atoms with Crippen molar-refractivity contribution < 1.29 is 23.5 Å². The molecule has 2 aromatic carbocycles. The van der Waals surface area contributed by atoms with Gasteiger partial charge in [-0.3, -0.25) is 14.5 Å². The number of hydrogen-bond donors (Lipinski definition) is 0. The van der Waals surface area contributed by atoms with Crippen LogP contribution in [0.4, 0.5) is 9.18 Å². The van der Waals surface area contributed by atoms with E-state index in [1.807, 2.05) is 0 Å². The summed E-state index contributed by atoms with van der Waals surface area (Å²) in [6.07, 6.45) is 3.23. The molecule has 2 aromatic rings. The Kier molecular flexibility index (Phi) is 6.16. The molecular formula is C21H18FNO4S. The molecule has 0 radical (unpaired) electrons. The molecule has 144 valence electrons. The molecule has 0 aromatic heterocycles. The first kappa shape index (κ1) is 19.7. The number of nitrogens with zero attached hydrogens (tertiary/aromatic N) is 1. The van der Waals surface area contributed by atoms with Crippen LogP contribution in [0.5, 0.6) is 11.5 Å². The van der Waals surface area contributed by atoms with E-state index < -0.39 is 17.0 Å². The van der Waals surface area contributed by atoms with Gasteiger partial charge in [0.25, 0.3) is 11.1 Å². The van der Waals surface area contributed by atoms with Gasteiger partial charge >= 0.3 is 0 Å². The van der Waals surface area contributed by atoms with Crippen LogP contribution in [-0.2, 0) is 11.3 Å². The number of thioether (sulfide) groups is 1. The summed E-state index contributed by atoms with van der Waals surface area (Å²) in [5, 5.41) is -0.433. The van der Waals surface area contributed by atoms with Crippen molar-refractivity contribution in [1.29, 1.82) is 0 Å². The third-order valence-corrected chi connectivity index (χ3v) is 4.91. The highest BCUT2D eigenvalue weighted by atomic mass is 32.2. The quantitative estimate of drug-likeness (QED) is 0.502. The third-order valence-electron chi connectivity index (χ3n) is 4.00. The smallest absolute Gasteiger partial charge is 0.293 e. The molecule has 0 bridgehead atoms. The fraction of sp³-hybridized carbons (Fsp3) is 0.143. The highest BCUT2D eigenvalue weighted by molar-refractivity contribution is 8.18. The Morgan fingerprint density at radius 3 is 2.68 bits per heavy atom. The van der Waals surface area contributed by atoms with Gasteiger partial charge in [0.1, 0.15) is 12.4 Å². The van der Waals surface area contributed by atoms with Gasteiger partial charge in [0, 0.05) is 5.56 Å². The number of benzene rings is 2. The van der Waals surface area contributed by atoms with E-state index >= 15 is 0 Å². The molecule has 0 aliphatic carbocycles. The first-order valence-electron chi connectivity index (χ1n) is 8.44. The molecular weight excluding hydrogens is 381 g/mol. The minimum Gasteiger partial charge on any atom is -0.493 e. The van der Waals surface area contributed by atoms with Gasteiger partial charge in [-0.2, -0.15) is 0 Å². The number of carbonyl (C=O) groups excluding carboxylic acids is 2. The summed E-state index contributed by atoms with van der Waals surface area (Å²) < 4.78 is 24.7. The van der Waals surface area contributed by atoms with Crippen molar-refractivity contribution in [1.82, 2.24) is 4.90 Å². The summed E-state index contributed by atoms with van der Waals surface area (Å²) in [5.41, 5.74) is 0.968. The summed E-state index contributed by atoms with van der Waals surface area (Å²) in [7, 11) is 1.52. The second-order valence-electron chi connectivity index (χ2n) is 5.87. The average molecular weight is 399 g/mol. The highest BCUT2D eigenvalue weighted by Crippen LogP contribution is 2.35. The number of methoxy groups -OCH3 is 1. The molecule has 28 heavy (non-hydrogen) atoms. The molecule has 7 heteroatoms. The van der Waals surface area contributed by atoms with Gasteiger partial charge in [-0.25, -0.2) is 4.39 Å². The Labute approximate surface area is 166 Å². The number of imide groups is 1. The lowest BCUT2D eigenvalue weighted by Gasteiger charge is -2.13. The summed E-state index contributed by atoms with van der Waals surface area (Å²) in [5.74, 6) is 0.142. The topological polar surface area (TPSA) is 55.8 Å². The second kappa shape index (κ2) is 8.75. The highest BCUT2D eigenvalue weighted by Gasteiger charge is 2.35. The molecule has 0 N–H and O–H groups in total. The molecule has 2 amide bonds. The van der Waals surface area contributed by atoms with Gasteiger partial charge in [0.05, 0.1) is 18.6 Å². The van der Waals surface area contributed by atoms with Crippen molar-refractivity contribution in [2.75, 3.05) is 13.7 Å². The van der Waals surface area contributed by atoms with Gasteiger partial charge in [-0.1, -0.05) is 36.9 Å². The normalized spacial score (nSPS) is 15.2. The third kappa shape index (κ3) is 4.26. The van der Waals surface area contributed by atoms with Gasteiger partial charge < -0.3 is 9.47 Å². The molecule has 3 rings (SSSR count). The summed E-state index contributed by atoms with van der Waals surface area (Å²) in [4.78, 5) is 26.2. The van der Waals surface area contributed by atoms with Gasteiger partial charge in [0.2, 0.25) is 0 Å². The molecule has 5 nitrogen and oxygen atoms in total. The first-order chi connectivity index (χ1) is 13.5. The Hall–Kier alpha value is -3.06. The average Bonchev–Trinajstić information content (AvgIpc) is 2.95. The number of ether oxygens (including phenoxy) is 2. The van der Waals surface area contributed by atoms with Crippen LogP contribution >= 0.6 is 11.8 Å². The first-order valence-corrected chi connectivity index (χ1v) is 9.25. The van der Waals surface area contributed by atoms with Crippen LogP contribution in [0.3, 0.4) is 0 Å². The van der Waals surface area contributed by atoms with Crippen LogP contribution in [0.1, 0.15) is 11.1 Å². The zero-order valence-corrected chi connectivity index (χ0v) is 16.0. The molecule has 0 spiro atoms. The van der Waals surface area contributed by atoms with E-state index in [9.17, 15) is 14.0 Å². The van der Waals surface area contributed by atoms with Crippen LogP contribution in [-0.4, -0.2) is 29.8 Å². The largest absolute Gasteiger partial charge is 0.493 e. The van der Waals surface area contributed by atoms with E-state index in [0.717, 1.165) is 16.7 Å². The van der Waals surface area contributed by atoms with Crippen LogP contribution in [0.15, 0.2) is 60.0 Å². The van der Waals surface area contributed by atoms with Crippen molar-refractivity contribution in [2.24, 2.45) is 0 Å². The molecule has 1 fully saturated rings. The number of hydrogen-bond acceptors (Lipinski definition) is 5. The lowest BCUT2D eigenvalue weighted by Crippen LogP contribution is -2.27. The maximum absolute atomic E-state index is 13.8. The maximum Gasteiger partial charge on any atom is 0.293 e. The lowest BCUT2D eigenvalue weighted by molar-refractivity contribution is -0.123. The predicted octanol–water partition coefficient (Wildman–Crippen LogP) is 4.64. The van der Waals surface area contributed by atoms with Crippen molar-refractivity contribution in [2.45, 2.75) is 6.54 Å². The monoisotopic (exact) mass is 399 g/mol. The second-order valence-corrected chi connectivity index (χ2v) is 6.86.